The van der Waals surface area contributed by atoms with Gasteiger partial charge in [-0.25, -0.2) is 4.98 Å². The maximum atomic E-state index is 11.7. The van der Waals surface area contributed by atoms with E-state index < -0.39 is 0 Å². The molecule has 0 fully saturated rings. The minimum Gasteiger partial charge on any atom is -0.355 e. The van der Waals surface area contributed by atoms with Crippen LogP contribution >= 0.6 is 11.3 Å². The third kappa shape index (κ3) is 4.80. The number of carbonyl (C=O) groups excluding carboxylic acids is 2. The van der Waals surface area contributed by atoms with Crippen LogP contribution in [0.5, 0.6) is 0 Å². The van der Waals surface area contributed by atoms with Crippen molar-refractivity contribution >= 4 is 23.2 Å². The minimum atomic E-state index is -0.332. The Bertz CT molecular complexity index is 406. The lowest BCUT2D eigenvalue weighted by Gasteiger charge is -2.04. The third-order valence-corrected chi connectivity index (χ3v) is 3.03. The van der Waals surface area contributed by atoms with Gasteiger partial charge < -0.3 is 16.4 Å². The zero-order valence-corrected chi connectivity index (χ0v) is 11.2. The topological polar surface area (TPSA) is 97.1 Å². The second-order valence-electron chi connectivity index (χ2n) is 3.70. The van der Waals surface area contributed by atoms with E-state index in [9.17, 15) is 9.59 Å². The highest BCUT2D eigenvalue weighted by molar-refractivity contribution is 7.09. The maximum Gasteiger partial charge on any atom is 0.271 e. The van der Waals surface area contributed by atoms with Crippen molar-refractivity contribution in [3.63, 3.8) is 0 Å². The number of hydrogen-bond acceptors (Lipinski definition) is 5. The van der Waals surface area contributed by atoms with E-state index >= 15 is 0 Å². The van der Waals surface area contributed by atoms with Gasteiger partial charge in [0.1, 0.15) is 5.69 Å². The van der Waals surface area contributed by atoms with Gasteiger partial charge in [0.15, 0.2) is 0 Å². The van der Waals surface area contributed by atoms with E-state index in [1.54, 1.807) is 5.38 Å². The lowest BCUT2D eigenvalue weighted by atomic mass is 10.4. The molecule has 0 unspecified atom stereocenters. The van der Waals surface area contributed by atoms with Crippen molar-refractivity contribution in [3.8, 4) is 0 Å². The monoisotopic (exact) mass is 270 g/mol. The van der Waals surface area contributed by atoms with Crippen LogP contribution in [0.3, 0.4) is 0 Å². The summed E-state index contributed by atoms with van der Waals surface area (Å²) in [4.78, 5) is 27.1. The fourth-order valence-corrected chi connectivity index (χ4v) is 2.03. The van der Waals surface area contributed by atoms with Crippen molar-refractivity contribution in [2.45, 2.75) is 19.8 Å². The summed E-state index contributed by atoms with van der Waals surface area (Å²) in [5, 5.41) is 7.70. The number of carbonyl (C=O) groups is 2. The fraction of sp³-hybridized carbons (Fsp3) is 0.545. The molecule has 100 valence electrons. The Morgan fingerprint density at radius 2 is 2.22 bits per heavy atom. The molecular weight excluding hydrogens is 252 g/mol. The highest BCUT2D eigenvalue weighted by Crippen LogP contribution is 2.09. The standard InChI is InChI=1S/C11H18N4O2S/c1-2-5-13-9(16)6-14-11(17)8-7-18-10(15-8)3-4-12/h7H,2-6,12H2,1H3,(H,13,16)(H,14,17). The first kappa shape index (κ1) is 14.6. The fourth-order valence-electron chi connectivity index (χ4n) is 1.23. The Labute approximate surface area is 110 Å². The smallest absolute Gasteiger partial charge is 0.271 e. The van der Waals surface area contributed by atoms with Crippen LogP contribution in [-0.2, 0) is 11.2 Å². The van der Waals surface area contributed by atoms with Crippen molar-refractivity contribution in [1.29, 1.82) is 0 Å². The number of nitrogens with one attached hydrogen (secondary N) is 2. The average molecular weight is 270 g/mol. The quantitative estimate of drug-likeness (QED) is 0.644. The van der Waals surface area contributed by atoms with Crippen molar-refractivity contribution in [3.05, 3.63) is 16.1 Å². The molecule has 2 amide bonds. The molecule has 0 atom stereocenters. The van der Waals surface area contributed by atoms with E-state index in [0.29, 0.717) is 25.2 Å². The van der Waals surface area contributed by atoms with Crippen LogP contribution in [0.15, 0.2) is 5.38 Å². The summed E-state index contributed by atoms with van der Waals surface area (Å²) >= 11 is 1.40. The van der Waals surface area contributed by atoms with Crippen LogP contribution in [0, 0.1) is 0 Å². The molecule has 0 aliphatic heterocycles. The second-order valence-corrected chi connectivity index (χ2v) is 4.64. The molecule has 1 aromatic rings. The molecule has 0 aliphatic rings. The molecule has 18 heavy (non-hydrogen) atoms. The predicted molar refractivity (Wildman–Crippen MR) is 70.5 cm³/mol. The highest BCUT2D eigenvalue weighted by atomic mass is 32.1. The normalized spacial score (nSPS) is 10.1. The van der Waals surface area contributed by atoms with Crippen LogP contribution < -0.4 is 16.4 Å². The number of rotatable bonds is 7. The Kier molecular flexibility index (Phi) is 6.31. The van der Waals surface area contributed by atoms with E-state index in [-0.39, 0.29) is 18.4 Å². The molecule has 7 heteroatoms. The number of hydrogen-bond donors (Lipinski definition) is 3. The Morgan fingerprint density at radius 3 is 2.89 bits per heavy atom. The largest absolute Gasteiger partial charge is 0.355 e. The van der Waals surface area contributed by atoms with Crippen molar-refractivity contribution < 1.29 is 9.59 Å². The molecule has 0 saturated heterocycles. The lowest BCUT2D eigenvalue weighted by Crippen LogP contribution is -2.37. The van der Waals surface area contributed by atoms with Crippen molar-refractivity contribution in [2.75, 3.05) is 19.6 Å². The summed E-state index contributed by atoms with van der Waals surface area (Å²) in [5.74, 6) is -0.524. The zero-order valence-electron chi connectivity index (χ0n) is 10.4. The summed E-state index contributed by atoms with van der Waals surface area (Å²) in [6, 6.07) is 0. The predicted octanol–water partition coefficient (Wildman–Crippen LogP) is -0.0997. The Morgan fingerprint density at radius 1 is 1.44 bits per heavy atom. The van der Waals surface area contributed by atoms with Crippen molar-refractivity contribution in [2.24, 2.45) is 5.73 Å². The minimum absolute atomic E-state index is 0.0252. The number of aromatic nitrogens is 1. The number of nitrogens with two attached hydrogens (primary N) is 1. The van der Waals surface area contributed by atoms with Gasteiger partial charge in [-0.1, -0.05) is 6.92 Å². The van der Waals surface area contributed by atoms with Crippen LogP contribution in [-0.4, -0.2) is 36.4 Å². The lowest BCUT2D eigenvalue weighted by molar-refractivity contribution is -0.120. The van der Waals surface area contributed by atoms with Crippen LogP contribution in [0.4, 0.5) is 0 Å². The van der Waals surface area contributed by atoms with E-state index in [4.69, 9.17) is 5.73 Å². The maximum absolute atomic E-state index is 11.7. The molecule has 1 rings (SSSR count). The van der Waals surface area contributed by atoms with E-state index in [1.807, 2.05) is 6.92 Å². The molecule has 0 bridgehead atoms. The van der Waals surface area contributed by atoms with Gasteiger partial charge in [0.2, 0.25) is 5.91 Å². The second kappa shape index (κ2) is 7.78. The molecule has 6 nitrogen and oxygen atoms in total. The third-order valence-electron chi connectivity index (χ3n) is 2.12. The molecule has 1 heterocycles. The van der Waals surface area contributed by atoms with E-state index in [0.717, 1.165) is 11.4 Å². The van der Waals surface area contributed by atoms with Gasteiger partial charge in [-0.3, -0.25) is 9.59 Å². The summed E-state index contributed by atoms with van der Waals surface area (Å²) < 4.78 is 0. The number of nitrogens with zero attached hydrogens (tertiary/aromatic N) is 1. The molecule has 0 spiro atoms. The van der Waals surface area contributed by atoms with Gasteiger partial charge >= 0.3 is 0 Å². The van der Waals surface area contributed by atoms with E-state index in [2.05, 4.69) is 15.6 Å². The molecular formula is C11H18N4O2S. The molecule has 4 N–H and O–H groups in total. The summed E-state index contributed by atoms with van der Waals surface area (Å²) in [7, 11) is 0. The average Bonchev–Trinajstić information content (AvgIpc) is 2.82. The van der Waals surface area contributed by atoms with E-state index in [1.165, 1.54) is 11.3 Å². The van der Waals surface area contributed by atoms with Gasteiger partial charge in [-0.2, -0.15) is 0 Å². The highest BCUT2D eigenvalue weighted by Gasteiger charge is 2.11. The number of amides is 2. The summed E-state index contributed by atoms with van der Waals surface area (Å²) in [5.41, 5.74) is 5.74. The summed E-state index contributed by atoms with van der Waals surface area (Å²) in [6.45, 7) is 3.07. The van der Waals surface area contributed by atoms with Gasteiger partial charge in [0.25, 0.3) is 5.91 Å². The van der Waals surface area contributed by atoms with Gasteiger partial charge in [-0.05, 0) is 13.0 Å². The van der Waals surface area contributed by atoms with Crippen LogP contribution in [0.1, 0.15) is 28.8 Å². The molecule has 0 aromatic carbocycles. The first-order valence-electron chi connectivity index (χ1n) is 5.86. The first-order valence-corrected chi connectivity index (χ1v) is 6.74. The number of thiazole rings is 1. The van der Waals surface area contributed by atoms with Crippen LogP contribution in [0.25, 0.3) is 0 Å². The summed E-state index contributed by atoms with van der Waals surface area (Å²) in [6.07, 6.45) is 1.53. The first-order chi connectivity index (χ1) is 8.67. The van der Waals surface area contributed by atoms with Crippen molar-refractivity contribution in [1.82, 2.24) is 15.6 Å². The Balaban J connectivity index is 2.37. The zero-order chi connectivity index (χ0) is 13.4. The molecule has 1 aromatic heterocycles. The van der Waals surface area contributed by atoms with Gasteiger partial charge in [0.05, 0.1) is 11.6 Å². The molecule has 0 saturated carbocycles. The van der Waals surface area contributed by atoms with Crippen LogP contribution in [0.2, 0.25) is 0 Å². The van der Waals surface area contributed by atoms with Gasteiger partial charge in [-0.15, -0.1) is 11.3 Å². The molecule has 0 aliphatic carbocycles. The molecule has 0 radical (unpaired) electrons. The Hall–Kier alpha value is -1.47. The van der Waals surface area contributed by atoms with Gasteiger partial charge in [0, 0.05) is 18.3 Å². The SMILES string of the molecule is CCCNC(=O)CNC(=O)c1csc(CCN)n1.